The van der Waals surface area contributed by atoms with E-state index >= 15 is 0 Å². The summed E-state index contributed by atoms with van der Waals surface area (Å²) < 4.78 is 16.4. The van der Waals surface area contributed by atoms with Crippen molar-refractivity contribution in [2.45, 2.75) is 0 Å². The van der Waals surface area contributed by atoms with Crippen molar-refractivity contribution >= 4 is 60.6 Å². The fraction of sp³-hybridized carbons (Fsp3) is 0. The number of hydrogen-bond acceptors (Lipinski definition) is 9. The summed E-state index contributed by atoms with van der Waals surface area (Å²) in [5, 5.41) is 18.4. The molecule has 0 aliphatic rings. The molecule has 0 saturated heterocycles. The number of nitro groups is 1. The second-order valence-electron chi connectivity index (χ2n) is 7.55. The Hall–Kier alpha value is -4.62. The number of nitrogens with one attached hydrogen (secondary N) is 1. The van der Waals surface area contributed by atoms with Gasteiger partial charge in [-0.05, 0) is 42.5 Å². The molecule has 0 aliphatic carbocycles. The van der Waals surface area contributed by atoms with E-state index in [1.165, 1.54) is 46.5 Å². The predicted octanol–water partition coefficient (Wildman–Crippen LogP) is 5.45. The van der Waals surface area contributed by atoms with Crippen LogP contribution in [0.5, 0.6) is 0 Å². The zero-order valence-electron chi connectivity index (χ0n) is 18.0. The number of amides is 1. The van der Waals surface area contributed by atoms with E-state index in [9.17, 15) is 19.3 Å². The Labute approximate surface area is 208 Å². The SMILES string of the molecule is O=C(Nc1nc(-c2ccc3scnc3c2)nc2c1cnn2-c1cccc(F)c1)c1ccc([N+](=O)[O-])s1. The van der Waals surface area contributed by atoms with Crippen molar-refractivity contribution < 1.29 is 14.1 Å². The van der Waals surface area contributed by atoms with Crippen LogP contribution >= 0.6 is 22.7 Å². The molecule has 0 spiro atoms. The first-order valence-corrected chi connectivity index (χ1v) is 12.1. The van der Waals surface area contributed by atoms with E-state index in [4.69, 9.17) is 0 Å². The predicted molar refractivity (Wildman–Crippen MR) is 134 cm³/mol. The van der Waals surface area contributed by atoms with E-state index in [1.807, 2.05) is 18.2 Å². The van der Waals surface area contributed by atoms with E-state index in [-0.39, 0.29) is 15.7 Å². The van der Waals surface area contributed by atoms with E-state index in [0.717, 1.165) is 21.6 Å². The number of thiophene rings is 1. The molecule has 13 heteroatoms. The van der Waals surface area contributed by atoms with Gasteiger partial charge in [-0.3, -0.25) is 14.9 Å². The summed E-state index contributed by atoms with van der Waals surface area (Å²) in [4.78, 5) is 37.1. The van der Waals surface area contributed by atoms with Gasteiger partial charge in [-0.1, -0.05) is 17.4 Å². The molecule has 0 bridgehead atoms. The molecule has 4 aromatic heterocycles. The lowest BCUT2D eigenvalue weighted by Crippen LogP contribution is -2.12. The van der Waals surface area contributed by atoms with Crippen LogP contribution in [-0.4, -0.2) is 35.6 Å². The maximum atomic E-state index is 13.9. The first-order chi connectivity index (χ1) is 17.5. The molecule has 0 fully saturated rings. The Morgan fingerprint density at radius 3 is 2.81 bits per heavy atom. The van der Waals surface area contributed by atoms with Crippen LogP contribution in [0.2, 0.25) is 0 Å². The smallest absolute Gasteiger partial charge is 0.305 e. The van der Waals surface area contributed by atoms with Crippen LogP contribution in [0.15, 0.2) is 66.3 Å². The molecule has 0 atom stereocenters. The molecule has 0 radical (unpaired) electrons. The zero-order valence-corrected chi connectivity index (χ0v) is 19.6. The minimum atomic E-state index is -0.562. The van der Waals surface area contributed by atoms with Gasteiger partial charge in [0.25, 0.3) is 5.91 Å². The molecule has 6 aromatic rings. The highest BCUT2D eigenvalue weighted by molar-refractivity contribution is 7.17. The summed E-state index contributed by atoms with van der Waals surface area (Å²) in [6.45, 7) is 0. The van der Waals surface area contributed by atoms with Gasteiger partial charge in [0.15, 0.2) is 11.5 Å². The number of aromatic nitrogens is 5. The Bertz CT molecular complexity index is 1810. The maximum absolute atomic E-state index is 13.9. The quantitative estimate of drug-likeness (QED) is 0.238. The minimum absolute atomic E-state index is 0.149. The van der Waals surface area contributed by atoms with Crippen LogP contribution in [0, 0.1) is 15.9 Å². The average Bonchev–Trinajstić information content (AvgIpc) is 3.63. The number of rotatable bonds is 5. The molecule has 6 rings (SSSR count). The van der Waals surface area contributed by atoms with E-state index in [2.05, 4.69) is 25.4 Å². The van der Waals surface area contributed by atoms with Crippen LogP contribution in [0.25, 0.3) is 38.3 Å². The van der Waals surface area contributed by atoms with Crippen molar-refractivity contribution in [2.24, 2.45) is 0 Å². The summed E-state index contributed by atoms with van der Waals surface area (Å²) in [6, 6.07) is 14.1. The fourth-order valence-electron chi connectivity index (χ4n) is 3.64. The lowest BCUT2D eigenvalue weighted by Gasteiger charge is -2.09. The number of nitrogens with zero attached hydrogens (tertiary/aromatic N) is 6. The molecule has 0 unspecified atom stereocenters. The fourth-order valence-corrected chi connectivity index (χ4v) is 5.02. The molecule has 36 heavy (non-hydrogen) atoms. The molecule has 0 saturated carbocycles. The zero-order chi connectivity index (χ0) is 24.8. The third-order valence-electron chi connectivity index (χ3n) is 5.30. The van der Waals surface area contributed by atoms with Crippen LogP contribution in [0.3, 0.4) is 0 Å². The number of fused-ring (bicyclic) bond motifs is 2. The number of carbonyl (C=O) groups excluding carboxylic acids is 1. The summed E-state index contributed by atoms with van der Waals surface area (Å²) in [7, 11) is 0. The van der Waals surface area contributed by atoms with Gasteiger partial charge in [-0.2, -0.15) is 5.10 Å². The minimum Gasteiger partial charge on any atom is -0.305 e. The molecule has 1 amide bonds. The van der Waals surface area contributed by atoms with E-state index in [1.54, 1.807) is 17.6 Å². The van der Waals surface area contributed by atoms with E-state index in [0.29, 0.717) is 28.1 Å². The number of halogens is 1. The standard InChI is InChI=1S/C23H12FN7O3S2/c24-13-2-1-3-14(9-13)30-22-15(10-26-30)21(29-23(32)18-6-7-19(36-18)31(33)34)27-20(28-22)12-4-5-17-16(8-12)25-11-35-17/h1-11H,(H,27,28,29,32). The summed E-state index contributed by atoms with van der Waals surface area (Å²) in [6.07, 6.45) is 1.47. The van der Waals surface area contributed by atoms with Crippen LogP contribution < -0.4 is 5.32 Å². The van der Waals surface area contributed by atoms with Crippen molar-refractivity contribution in [3.05, 3.63) is 87.1 Å². The second kappa shape index (κ2) is 8.55. The van der Waals surface area contributed by atoms with Crippen LogP contribution in [-0.2, 0) is 0 Å². The maximum Gasteiger partial charge on any atom is 0.324 e. The van der Waals surface area contributed by atoms with Gasteiger partial charge in [-0.15, -0.1) is 11.3 Å². The Kier molecular flexibility index (Phi) is 5.20. The number of carbonyl (C=O) groups is 1. The van der Waals surface area contributed by atoms with Crippen LogP contribution in [0.4, 0.5) is 15.2 Å². The van der Waals surface area contributed by atoms with Gasteiger partial charge in [0, 0.05) is 11.6 Å². The topological polar surface area (TPSA) is 129 Å². The molecule has 0 aliphatic heterocycles. The molecule has 4 heterocycles. The highest BCUT2D eigenvalue weighted by atomic mass is 32.1. The lowest BCUT2D eigenvalue weighted by atomic mass is 10.2. The van der Waals surface area contributed by atoms with Gasteiger partial charge in [-0.25, -0.2) is 24.0 Å². The van der Waals surface area contributed by atoms with Gasteiger partial charge in [0.05, 0.1) is 42.8 Å². The molecule has 1 N–H and O–H groups in total. The normalized spacial score (nSPS) is 11.2. The number of hydrogen-bond donors (Lipinski definition) is 1. The first kappa shape index (κ1) is 21.9. The first-order valence-electron chi connectivity index (χ1n) is 10.4. The molecule has 176 valence electrons. The van der Waals surface area contributed by atoms with Crippen molar-refractivity contribution in [1.29, 1.82) is 0 Å². The Morgan fingerprint density at radius 2 is 2.00 bits per heavy atom. The highest BCUT2D eigenvalue weighted by Crippen LogP contribution is 2.30. The summed E-state index contributed by atoms with van der Waals surface area (Å²) in [5.74, 6) is -0.542. The van der Waals surface area contributed by atoms with Gasteiger partial charge >= 0.3 is 5.00 Å². The summed E-state index contributed by atoms with van der Waals surface area (Å²) >= 11 is 2.26. The Balaban J connectivity index is 1.50. The monoisotopic (exact) mass is 517 g/mol. The summed E-state index contributed by atoms with van der Waals surface area (Å²) in [5.41, 5.74) is 3.96. The third-order valence-corrected chi connectivity index (χ3v) is 7.14. The number of anilines is 1. The molecular formula is C23H12FN7O3S2. The van der Waals surface area contributed by atoms with Gasteiger partial charge < -0.3 is 5.32 Å². The van der Waals surface area contributed by atoms with Crippen molar-refractivity contribution in [3.63, 3.8) is 0 Å². The largest absolute Gasteiger partial charge is 0.324 e. The lowest BCUT2D eigenvalue weighted by molar-refractivity contribution is -0.380. The van der Waals surface area contributed by atoms with Crippen LogP contribution in [0.1, 0.15) is 9.67 Å². The van der Waals surface area contributed by atoms with Gasteiger partial charge in [0.2, 0.25) is 0 Å². The molecular weight excluding hydrogens is 505 g/mol. The van der Waals surface area contributed by atoms with Crippen molar-refractivity contribution in [3.8, 4) is 17.1 Å². The highest BCUT2D eigenvalue weighted by Gasteiger charge is 2.20. The van der Waals surface area contributed by atoms with E-state index < -0.39 is 16.6 Å². The van der Waals surface area contributed by atoms with Crippen molar-refractivity contribution in [2.75, 3.05) is 5.32 Å². The third kappa shape index (κ3) is 3.85. The molecule has 10 nitrogen and oxygen atoms in total. The van der Waals surface area contributed by atoms with Gasteiger partial charge in [0.1, 0.15) is 11.6 Å². The Morgan fingerprint density at radius 1 is 1.11 bits per heavy atom. The average molecular weight is 518 g/mol. The van der Waals surface area contributed by atoms with Crippen molar-refractivity contribution in [1.82, 2.24) is 24.7 Å². The molecule has 2 aromatic carbocycles. The number of benzene rings is 2. The second-order valence-corrected chi connectivity index (χ2v) is 9.50. The number of thiazole rings is 1.